The van der Waals surface area contributed by atoms with Gasteiger partial charge in [-0.3, -0.25) is 0 Å². The Labute approximate surface area is 93.6 Å². The molecule has 0 aromatic carbocycles. The number of ether oxygens (including phenoxy) is 1. The van der Waals surface area contributed by atoms with E-state index in [0.717, 1.165) is 17.8 Å². The van der Waals surface area contributed by atoms with Crippen molar-refractivity contribution in [2.75, 3.05) is 0 Å². The van der Waals surface area contributed by atoms with Crippen LogP contribution in [0.4, 0.5) is 0 Å². The molecule has 0 unspecified atom stereocenters. The molecule has 4 aliphatic rings. The van der Waals surface area contributed by atoms with Crippen LogP contribution in [0.3, 0.4) is 0 Å². The van der Waals surface area contributed by atoms with Gasteiger partial charge in [0.05, 0.1) is 11.2 Å². The van der Waals surface area contributed by atoms with E-state index in [1.54, 1.807) is 0 Å². The van der Waals surface area contributed by atoms with Gasteiger partial charge in [0.1, 0.15) is 0 Å². The maximum atomic E-state index is 6.44. The maximum Gasteiger partial charge on any atom is 0.0697 e. The van der Waals surface area contributed by atoms with Crippen molar-refractivity contribution in [2.24, 2.45) is 17.8 Å². The Bertz CT molecular complexity index is 226. The molecule has 0 heterocycles. The van der Waals surface area contributed by atoms with Crippen molar-refractivity contribution in [3.8, 4) is 0 Å². The Hall–Kier alpha value is -0.0400. The van der Waals surface area contributed by atoms with E-state index in [1.807, 2.05) is 0 Å². The van der Waals surface area contributed by atoms with Crippen LogP contribution in [0.2, 0.25) is 0 Å². The highest BCUT2D eigenvalue weighted by molar-refractivity contribution is 5.03. The number of hydrogen-bond acceptors (Lipinski definition) is 1. The summed E-state index contributed by atoms with van der Waals surface area (Å²) in [5.74, 6) is 3.00. The average molecular weight is 208 g/mol. The van der Waals surface area contributed by atoms with Crippen molar-refractivity contribution < 1.29 is 4.74 Å². The molecule has 4 bridgehead atoms. The molecule has 0 radical (unpaired) electrons. The summed E-state index contributed by atoms with van der Waals surface area (Å²) < 4.78 is 6.44. The van der Waals surface area contributed by atoms with Crippen molar-refractivity contribution in [1.82, 2.24) is 0 Å². The molecular formula is C14H24O. The van der Waals surface area contributed by atoms with Gasteiger partial charge in [0.15, 0.2) is 0 Å². The summed E-state index contributed by atoms with van der Waals surface area (Å²) >= 11 is 0. The SMILES string of the molecule is CC(C)(C)OC12CC3CC(CC(C3)C1)C2. The molecule has 0 atom stereocenters. The van der Waals surface area contributed by atoms with E-state index in [2.05, 4.69) is 20.8 Å². The molecule has 0 aromatic rings. The summed E-state index contributed by atoms with van der Waals surface area (Å²) in [5.41, 5.74) is 0.332. The molecule has 0 amide bonds. The summed E-state index contributed by atoms with van der Waals surface area (Å²) in [6, 6.07) is 0. The zero-order chi connectivity index (χ0) is 10.7. The van der Waals surface area contributed by atoms with Crippen LogP contribution in [-0.4, -0.2) is 11.2 Å². The van der Waals surface area contributed by atoms with Crippen LogP contribution in [0.5, 0.6) is 0 Å². The largest absolute Gasteiger partial charge is 0.369 e. The van der Waals surface area contributed by atoms with Gasteiger partial charge in [-0.2, -0.15) is 0 Å². The molecule has 4 fully saturated rings. The molecule has 1 heteroatoms. The van der Waals surface area contributed by atoms with Crippen LogP contribution < -0.4 is 0 Å². The highest BCUT2D eigenvalue weighted by Gasteiger charge is 2.52. The van der Waals surface area contributed by atoms with Crippen molar-refractivity contribution in [3.63, 3.8) is 0 Å². The van der Waals surface area contributed by atoms with Gasteiger partial charge in [-0.25, -0.2) is 0 Å². The lowest BCUT2D eigenvalue weighted by molar-refractivity contribution is -0.210. The second-order valence-electron chi connectivity index (χ2n) is 7.32. The van der Waals surface area contributed by atoms with Crippen molar-refractivity contribution >= 4 is 0 Å². The minimum Gasteiger partial charge on any atom is -0.369 e. The van der Waals surface area contributed by atoms with E-state index in [0.29, 0.717) is 0 Å². The minimum absolute atomic E-state index is 0.0473. The molecular weight excluding hydrogens is 184 g/mol. The quantitative estimate of drug-likeness (QED) is 0.637. The lowest BCUT2D eigenvalue weighted by Crippen LogP contribution is -2.54. The van der Waals surface area contributed by atoms with E-state index in [9.17, 15) is 0 Å². The lowest BCUT2D eigenvalue weighted by atomic mass is 9.54. The fraction of sp³-hybridized carbons (Fsp3) is 1.00. The van der Waals surface area contributed by atoms with Crippen molar-refractivity contribution in [2.45, 2.75) is 70.5 Å². The molecule has 0 saturated heterocycles. The van der Waals surface area contributed by atoms with Crippen LogP contribution >= 0.6 is 0 Å². The third kappa shape index (κ3) is 1.84. The Kier molecular flexibility index (Phi) is 2.03. The molecule has 0 aromatic heterocycles. The van der Waals surface area contributed by atoms with Crippen LogP contribution in [0, 0.1) is 17.8 Å². The third-order valence-corrected chi connectivity index (χ3v) is 4.50. The first-order chi connectivity index (χ1) is 6.94. The van der Waals surface area contributed by atoms with Gasteiger partial charge in [0, 0.05) is 0 Å². The molecule has 0 spiro atoms. The third-order valence-electron chi connectivity index (χ3n) is 4.50. The lowest BCUT2D eigenvalue weighted by Gasteiger charge is -2.57. The predicted molar refractivity (Wildman–Crippen MR) is 61.7 cm³/mol. The topological polar surface area (TPSA) is 9.23 Å². The zero-order valence-electron chi connectivity index (χ0n) is 10.4. The van der Waals surface area contributed by atoms with E-state index in [-0.39, 0.29) is 11.2 Å². The van der Waals surface area contributed by atoms with Gasteiger partial charge < -0.3 is 4.74 Å². The predicted octanol–water partition coefficient (Wildman–Crippen LogP) is 3.77. The second-order valence-corrected chi connectivity index (χ2v) is 7.32. The Morgan fingerprint density at radius 2 is 1.27 bits per heavy atom. The average Bonchev–Trinajstić information content (AvgIpc) is 1.94. The fourth-order valence-electron chi connectivity index (χ4n) is 4.81. The maximum absolute atomic E-state index is 6.44. The van der Waals surface area contributed by atoms with Gasteiger partial charge >= 0.3 is 0 Å². The number of rotatable bonds is 1. The van der Waals surface area contributed by atoms with Crippen LogP contribution in [0.1, 0.15) is 59.3 Å². The van der Waals surface area contributed by atoms with Crippen LogP contribution in [0.25, 0.3) is 0 Å². The molecule has 0 N–H and O–H groups in total. The van der Waals surface area contributed by atoms with Gasteiger partial charge in [-0.1, -0.05) is 0 Å². The zero-order valence-corrected chi connectivity index (χ0v) is 10.4. The van der Waals surface area contributed by atoms with Gasteiger partial charge in [-0.05, 0) is 77.0 Å². The second kappa shape index (κ2) is 3.00. The first-order valence-corrected chi connectivity index (χ1v) is 6.64. The summed E-state index contributed by atoms with van der Waals surface area (Å²) in [5, 5.41) is 0. The highest BCUT2D eigenvalue weighted by atomic mass is 16.5. The number of hydrogen-bond donors (Lipinski definition) is 0. The Balaban J connectivity index is 1.81. The van der Waals surface area contributed by atoms with Gasteiger partial charge in [0.2, 0.25) is 0 Å². The van der Waals surface area contributed by atoms with Crippen LogP contribution in [0.15, 0.2) is 0 Å². The summed E-state index contributed by atoms with van der Waals surface area (Å²) in [7, 11) is 0. The van der Waals surface area contributed by atoms with Crippen molar-refractivity contribution in [3.05, 3.63) is 0 Å². The first-order valence-electron chi connectivity index (χ1n) is 6.64. The molecule has 86 valence electrons. The van der Waals surface area contributed by atoms with Crippen molar-refractivity contribution in [1.29, 1.82) is 0 Å². The molecule has 4 aliphatic carbocycles. The van der Waals surface area contributed by atoms with E-state index in [4.69, 9.17) is 4.74 Å². The Morgan fingerprint density at radius 1 is 0.867 bits per heavy atom. The molecule has 1 nitrogen and oxygen atoms in total. The Morgan fingerprint density at radius 3 is 1.60 bits per heavy atom. The minimum atomic E-state index is 0.0473. The molecule has 4 saturated carbocycles. The van der Waals surface area contributed by atoms with Gasteiger partial charge in [-0.15, -0.1) is 0 Å². The first kappa shape index (κ1) is 10.1. The monoisotopic (exact) mass is 208 g/mol. The normalized spacial score (nSPS) is 48.6. The smallest absolute Gasteiger partial charge is 0.0697 e. The summed E-state index contributed by atoms with van der Waals surface area (Å²) in [6.07, 6.45) is 8.59. The highest BCUT2D eigenvalue weighted by Crippen LogP contribution is 2.57. The van der Waals surface area contributed by atoms with Crippen LogP contribution in [-0.2, 0) is 4.74 Å². The fourth-order valence-corrected chi connectivity index (χ4v) is 4.81. The van der Waals surface area contributed by atoms with E-state index >= 15 is 0 Å². The molecule has 15 heavy (non-hydrogen) atoms. The molecule has 0 aliphatic heterocycles. The molecule has 4 rings (SSSR count). The van der Waals surface area contributed by atoms with E-state index in [1.165, 1.54) is 38.5 Å². The van der Waals surface area contributed by atoms with Gasteiger partial charge in [0.25, 0.3) is 0 Å². The summed E-state index contributed by atoms with van der Waals surface area (Å²) in [4.78, 5) is 0. The standard InChI is InChI=1S/C14H24O/c1-13(2,3)15-14-7-10-4-11(8-14)6-12(5-10)9-14/h10-12H,4-9H2,1-3H3. The summed E-state index contributed by atoms with van der Waals surface area (Å²) in [6.45, 7) is 6.64. The van der Waals surface area contributed by atoms with E-state index < -0.39 is 0 Å².